The van der Waals surface area contributed by atoms with Crippen LogP contribution in [0, 0.1) is 11.7 Å². The van der Waals surface area contributed by atoms with E-state index in [1.807, 2.05) is 12.1 Å². The van der Waals surface area contributed by atoms with Crippen molar-refractivity contribution in [2.75, 3.05) is 0 Å². The summed E-state index contributed by atoms with van der Waals surface area (Å²) >= 11 is 0. The maximum Gasteiger partial charge on any atom is 0.307 e. The molecule has 19 heavy (non-hydrogen) atoms. The minimum Gasteiger partial charge on any atom is -0.481 e. The number of carboxylic acids is 1. The molecule has 3 rings (SSSR count). The fourth-order valence-corrected chi connectivity index (χ4v) is 2.25. The van der Waals surface area contributed by atoms with Crippen molar-refractivity contribution in [2.24, 2.45) is 5.92 Å². The number of nitrogens with zero attached hydrogens (tertiary/aromatic N) is 1. The predicted octanol–water partition coefficient (Wildman–Crippen LogP) is 3.08. The molecular formula is C15H12FNO2. The first-order valence-corrected chi connectivity index (χ1v) is 6.10. The van der Waals surface area contributed by atoms with E-state index in [2.05, 4.69) is 4.98 Å². The van der Waals surface area contributed by atoms with Gasteiger partial charge in [0.15, 0.2) is 0 Å². The Bertz CT molecular complexity index is 607. The molecule has 4 heteroatoms. The number of aromatic nitrogens is 1. The molecule has 3 nitrogen and oxygen atoms in total. The highest BCUT2D eigenvalue weighted by molar-refractivity contribution is 5.75. The zero-order chi connectivity index (χ0) is 13.4. The lowest BCUT2D eigenvalue weighted by molar-refractivity contribution is -0.138. The molecule has 1 aliphatic carbocycles. The zero-order valence-corrected chi connectivity index (χ0v) is 10.1. The van der Waals surface area contributed by atoms with Crippen molar-refractivity contribution in [3.63, 3.8) is 0 Å². The predicted molar refractivity (Wildman–Crippen MR) is 68.1 cm³/mol. The monoisotopic (exact) mass is 257 g/mol. The van der Waals surface area contributed by atoms with Gasteiger partial charge in [0.25, 0.3) is 0 Å². The highest BCUT2D eigenvalue weighted by atomic mass is 19.1. The van der Waals surface area contributed by atoms with Gasteiger partial charge in [-0.3, -0.25) is 9.78 Å². The highest BCUT2D eigenvalue weighted by Crippen LogP contribution is 2.47. The standard InChI is InChI=1S/C15H12FNO2/c16-11-4-1-9(2-5-11)14-6-3-10(8-17-14)12-7-13(12)15(18)19/h1-6,8,12-13H,7H2,(H,18,19)/t12-,13+/m0/s1. The van der Waals surface area contributed by atoms with Gasteiger partial charge in [-0.25, -0.2) is 4.39 Å². The number of benzene rings is 1. The molecule has 0 amide bonds. The van der Waals surface area contributed by atoms with E-state index < -0.39 is 5.97 Å². The lowest BCUT2D eigenvalue weighted by Gasteiger charge is -2.03. The Balaban J connectivity index is 1.80. The van der Waals surface area contributed by atoms with Gasteiger partial charge < -0.3 is 5.11 Å². The molecule has 0 unspecified atom stereocenters. The summed E-state index contributed by atoms with van der Waals surface area (Å²) in [6.45, 7) is 0. The normalized spacial score (nSPS) is 21.1. The topological polar surface area (TPSA) is 50.2 Å². The van der Waals surface area contributed by atoms with Crippen LogP contribution in [0.3, 0.4) is 0 Å². The molecule has 0 radical (unpaired) electrons. The molecule has 0 bridgehead atoms. The third-order valence-corrected chi connectivity index (χ3v) is 3.46. The van der Waals surface area contributed by atoms with Gasteiger partial charge >= 0.3 is 5.97 Å². The minimum absolute atomic E-state index is 0.0901. The Morgan fingerprint density at radius 2 is 1.95 bits per heavy atom. The van der Waals surface area contributed by atoms with Gasteiger partial charge in [-0.15, -0.1) is 0 Å². The van der Waals surface area contributed by atoms with Crippen molar-refractivity contribution in [3.8, 4) is 11.3 Å². The van der Waals surface area contributed by atoms with Crippen LogP contribution < -0.4 is 0 Å². The summed E-state index contributed by atoms with van der Waals surface area (Å²) in [7, 11) is 0. The third-order valence-electron chi connectivity index (χ3n) is 3.46. The molecule has 0 saturated heterocycles. The Morgan fingerprint density at radius 1 is 1.21 bits per heavy atom. The van der Waals surface area contributed by atoms with Crippen LogP contribution in [0.2, 0.25) is 0 Å². The van der Waals surface area contributed by atoms with E-state index in [9.17, 15) is 9.18 Å². The van der Waals surface area contributed by atoms with E-state index in [0.29, 0.717) is 6.42 Å². The number of rotatable bonds is 3. The third kappa shape index (κ3) is 2.34. The van der Waals surface area contributed by atoms with E-state index >= 15 is 0 Å². The second-order valence-corrected chi connectivity index (χ2v) is 4.77. The molecule has 0 aliphatic heterocycles. The molecule has 1 aliphatic rings. The molecule has 1 N–H and O–H groups in total. The molecule has 2 atom stereocenters. The quantitative estimate of drug-likeness (QED) is 0.919. The van der Waals surface area contributed by atoms with Crippen molar-refractivity contribution in [3.05, 3.63) is 54.0 Å². The second kappa shape index (κ2) is 4.46. The fraction of sp³-hybridized carbons (Fsp3) is 0.200. The molecule has 2 aromatic rings. The summed E-state index contributed by atoms with van der Waals surface area (Å²) in [6.07, 6.45) is 2.40. The van der Waals surface area contributed by atoms with E-state index in [4.69, 9.17) is 5.11 Å². The minimum atomic E-state index is -0.743. The number of hydrogen-bond donors (Lipinski definition) is 1. The average molecular weight is 257 g/mol. The Labute approximate surface area is 109 Å². The maximum atomic E-state index is 12.8. The molecule has 1 aromatic carbocycles. The number of hydrogen-bond acceptors (Lipinski definition) is 2. The summed E-state index contributed by atoms with van der Waals surface area (Å²) in [5.74, 6) is -1.19. The van der Waals surface area contributed by atoms with E-state index in [-0.39, 0.29) is 17.7 Å². The van der Waals surface area contributed by atoms with E-state index in [1.165, 1.54) is 12.1 Å². The average Bonchev–Trinajstić information content (AvgIpc) is 3.20. The van der Waals surface area contributed by atoms with Crippen molar-refractivity contribution >= 4 is 5.97 Å². The highest BCUT2D eigenvalue weighted by Gasteiger charge is 2.44. The van der Waals surface area contributed by atoms with Crippen LogP contribution in [-0.4, -0.2) is 16.1 Å². The summed E-state index contributed by atoms with van der Waals surface area (Å²) in [4.78, 5) is 15.1. The van der Waals surface area contributed by atoms with Gasteiger partial charge in [0.05, 0.1) is 11.6 Å². The van der Waals surface area contributed by atoms with Crippen molar-refractivity contribution in [1.82, 2.24) is 4.98 Å². The lowest BCUT2D eigenvalue weighted by atomic mass is 10.1. The van der Waals surface area contributed by atoms with Crippen molar-refractivity contribution in [2.45, 2.75) is 12.3 Å². The molecule has 1 aromatic heterocycles. The summed E-state index contributed by atoms with van der Waals surface area (Å²) in [5, 5.41) is 8.89. The largest absolute Gasteiger partial charge is 0.481 e. The molecule has 0 spiro atoms. The van der Waals surface area contributed by atoms with Crippen LogP contribution in [0.1, 0.15) is 17.9 Å². The first-order chi connectivity index (χ1) is 9.15. The lowest BCUT2D eigenvalue weighted by Crippen LogP contribution is -1.99. The van der Waals surface area contributed by atoms with Crippen LogP contribution in [0.5, 0.6) is 0 Å². The van der Waals surface area contributed by atoms with Crippen LogP contribution in [-0.2, 0) is 4.79 Å². The summed E-state index contributed by atoms with van der Waals surface area (Å²) in [5.41, 5.74) is 2.56. The van der Waals surface area contributed by atoms with Gasteiger partial charge in [-0.1, -0.05) is 6.07 Å². The van der Waals surface area contributed by atoms with Crippen LogP contribution >= 0.6 is 0 Å². The molecule has 96 valence electrons. The number of halogens is 1. The number of pyridine rings is 1. The van der Waals surface area contributed by atoms with Crippen LogP contribution in [0.25, 0.3) is 11.3 Å². The van der Waals surface area contributed by atoms with Gasteiger partial charge in [-0.2, -0.15) is 0 Å². The summed E-state index contributed by atoms with van der Waals surface area (Å²) < 4.78 is 12.8. The smallest absolute Gasteiger partial charge is 0.307 e. The second-order valence-electron chi connectivity index (χ2n) is 4.77. The van der Waals surface area contributed by atoms with Gasteiger partial charge in [0, 0.05) is 11.8 Å². The Kier molecular flexibility index (Phi) is 2.78. The van der Waals surface area contributed by atoms with Crippen LogP contribution in [0.4, 0.5) is 4.39 Å². The molecular weight excluding hydrogens is 245 g/mol. The fourth-order valence-electron chi connectivity index (χ4n) is 2.25. The Morgan fingerprint density at radius 3 is 2.47 bits per heavy atom. The van der Waals surface area contributed by atoms with E-state index in [0.717, 1.165) is 16.8 Å². The van der Waals surface area contributed by atoms with Gasteiger partial charge in [-0.05, 0) is 48.2 Å². The molecule has 1 saturated carbocycles. The first kappa shape index (κ1) is 11.8. The maximum absolute atomic E-state index is 12.8. The van der Waals surface area contributed by atoms with Gasteiger partial charge in [0.2, 0.25) is 0 Å². The van der Waals surface area contributed by atoms with Crippen molar-refractivity contribution < 1.29 is 14.3 Å². The zero-order valence-electron chi connectivity index (χ0n) is 10.1. The SMILES string of the molecule is O=C(O)[C@@H]1C[C@H]1c1ccc(-c2ccc(F)cc2)nc1. The number of carboxylic acid groups (broad SMARTS) is 1. The number of aliphatic carboxylic acids is 1. The Hall–Kier alpha value is -2.23. The van der Waals surface area contributed by atoms with E-state index in [1.54, 1.807) is 18.3 Å². The van der Waals surface area contributed by atoms with Crippen LogP contribution in [0.15, 0.2) is 42.6 Å². The summed E-state index contributed by atoms with van der Waals surface area (Å²) in [6, 6.07) is 9.89. The molecule has 1 fully saturated rings. The van der Waals surface area contributed by atoms with Crippen molar-refractivity contribution in [1.29, 1.82) is 0 Å². The van der Waals surface area contributed by atoms with Gasteiger partial charge in [0.1, 0.15) is 5.82 Å². The first-order valence-electron chi connectivity index (χ1n) is 6.10. The number of carbonyl (C=O) groups is 1. The molecule has 1 heterocycles.